The van der Waals surface area contributed by atoms with Gasteiger partial charge in [0.2, 0.25) is 0 Å². The van der Waals surface area contributed by atoms with Crippen molar-refractivity contribution >= 4 is 5.82 Å². The van der Waals surface area contributed by atoms with Gasteiger partial charge in [0.05, 0.1) is 5.69 Å². The number of unbranched alkanes of at least 4 members (excludes halogenated alkanes) is 1. The maximum atomic E-state index is 5.73. The lowest BCUT2D eigenvalue weighted by Gasteiger charge is -2.03. The Hall–Kier alpha value is -1.77. The number of nitrogens with one attached hydrogen (secondary N) is 1. The van der Waals surface area contributed by atoms with Gasteiger partial charge >= 0.3 is 0 Å². The zero-order valence-electron chi connectivity index (χ0n) is 10.5. The Kier molecular flexibility index (Phi) is 3.47. The molecule has 0 unspecified atom stereocenters. The zero-order chi connectivity index (χ0) is 12.3. The van der Waals surface area contributed by atoms with E-state index in [0.29, 0.717) is 5.82 Å². The number of nitrogen functional groups attached to an aromatic ring is 1. The van der Waals surface area contributed by atoms with Gasteiger partial charge < -0.3 is 5.73 Å². The third-order valence-corrected chi connectivity index (χ3v) is 3.11. The van der Waals surface area contributed by atoms with Crippen LogP contribution in [0.1, 0.15) is 30.9 Å². The number of benzene rings is 1. The normalized spacial score (nSPS) is 10.7. The van der Waals surface area contributed by atoms with Crippen molar-refractivity contribution in [2.45, 2.75) is 33.1 Å². The second-order valence-electron chi connectivity index (χ2n) is 4.41. The molecule has 0 saturated carbocycles. The maximum absolute atomic E-state index is 5.73. The van der Waals surface area contributed by atoms with Crippen molar-refractivity contribution in [1.29, 1.82) is 0 Å². The van der Waals surface area contributed by atoms with E-state index in [0.717, 1.165) is 23.2 Å². The van der Waals surface area contributed by atoms with E-state index in [1.807, 2.05) is 6.92 Å². The van der Waals surface area contributed by atoms with E-state index in [4.69, 9.17) is 5.73 Å². The third-order valence-electron chi connectivity index (χ3n) is 3.11. The molecule has 1 heterocycles. The first kappa shape index (κ1) is 11.7. The van der Waals surface area contributed by atoms with Crippen molar-refractivity contribution in [3.8, 4) is 11.3 Å². The number of anilines is 1. The van der Waals surface area contributed by atoms with E-state index in [1.165, 1.54) is 18.4 Å². The summed E-state index contributed by atoms with van der Waals surface area (Å²) in [5.74, 6) is 0.579. The van der Waals surface area contributed by atoms with Gasteiger partial charge in [-0.15, -0.1) is 0 Å². The Morgan fingerprint density at radius 3 is 2.47 bits per heavy atom. The zero-order valence-corrected chi connectivity index (χ0v) is 10.5. The Morgan fingerprint density at radius 1 is 1.24 bits per heavy atom. The van der Waals surface area contributed by atoms with Crippen molar-refractivity contribution in [2.24, 2.45) is 0 Å². The highest BCUT2D eigenvalue weighted by Crippen LogP contribution is 2.24. The average molecular weight is 229 g/mol. The Balaban J connectivity index is 2.20. The largest absolute Gasteiger partial charge is 0.382 e. The number of aromatic amines is 1. The lowest BCUT2D eigenvalue weighted by Crippen LogP contribution is -1.87. The minimum Gasteiger partial charge on any atom is -0.382 e. The van der Waals surface area contributed by atoms with E-state index >= 15 is 0 Å². The topological polar surface area (TPSA) is 54.7 Å². The number of aromatic nitrogens is 2. The molecule has 0 radical (unpaired) electrons. The SMILES string of the molecule is CCCCc1ccc(-c2[nH]nc(N)c2C)cc1. The predicted molar refractivity (Wildman–Crippen MR) is 71.8 cm³/mol. The van der Waals surface area contributed by atoms with Gasteiger partial charge in [0.15, 0.2) is 0 Å². The lowest BCUT2D eigenvalue weighted by atomic mass is 10.0. The van der Waals surface area contributed by atoms with Crippen LogP contribution in [0.4, 0.5) is 5.82 Å². The van der Waals surface area contributed by atoms with Crippen LogP contribution in [-0.2, 0) is 6.42 Å². The number of H-pyrrole nitrogens is 1. The molecule has 1 aromatic heterocycles. The summed E-state index contributed by atoms with van der Waals surface area (Å²) < 4.78 is 0. The van der Waals surface area contributed by atoms with E-state index < -0.39 is 0 Å². The summed E-state index contributed by atoms with van der Waals surface area (Å²) in [5, 5.41) is 6.99. The monoisotopic (exact) mass is 229 g/mol. The lowest BCUT2D eigenvalue weighted by molar-refractivity contribution is 0.795. The standard InChI is InChI=1S/C14H19N3/c1-3-4-5-11-6-8-12(9-7-11)13-10(2)14(15)17-16-13/h6-9H,3-5H2,1-2H3,(H3,15,16,17). The highest BCUT2D eigenvalue weighted by molar-refractivity contribution is 5.67. The summed E-state index contributed by atoms with van der Waals surface area (Å²) in [6.07, 6.45) is 3.63. The number of nitrogens with two attached hydrogens (primary N) is 1. The highest BCUT2D eigenvalue weighted by Gasteiger charge is 2.07. The Morgan fingerprint density at radius 2 is 1.94 bits per heavy atom. The van der Waals surface area contributed by atoms with Crippen molar-refractivity contribution in [3.63, 3.8) is 0 Å². The minimum absolute atomic E-state index is 0.579. The summed E-state index contributed by atoms with van der Waals surface area (Å²) in [6.45, 7) is 4.20. The molecule has 0 fully saturated rings. The molecule has 2 aromatic rings. The number of hydrogen-bond acceptors (Lipinski definition) is 2. The molecule has 0 spiro atoms. The number of hydrogen-bond donors (Lipinski definition) is 2. The van der Waals surface area contributed by atoms with Gasteiger partial charge in [0, 0.05) is 5.56 Å². The first-order valence-electron chi connectivity index (χ1n) is 6.12. The molecule has 0 aliphatic heterocycles. The van der Waals surface area contributed by atoms with Gasteiger partial charge in [0.25, 0.3) is 0 Å². The number of aryl methyl sites for hydroxylation is 1. The van der Waals surface area contributed by atoms with E-state index in [2.05, 4.69) is 41.4 Å². The molecule has 3 heteroatoms. The molecule has 2 rings (SSSR count). The Labute approximate surface area is 102 Å². The van der Waals surface area contributed by atoms with Crippen LogP contribution in [0.15, 0.2) is 24.3 Å². The van der Waals surface area contributed by atoms with Crippen LogP contribution in [0.2, 0.25) is 0 Å². The van der Waals surface area contributed by atoms with Gasteiger partial charge in [-0.05, 0) is 30.9 Å². The van der Waals surface area contributed by atoms with E-state index in [9.17, 15) is 0 Å². The van der Waals surface area contributed by atoms with Crippen LogP contribution < -0.4 is 5.73 Å². The number of rotatable bonds is 4. The summed E-state index contributed by atoms with van der Waals surface area (Å²) in [6, 6.07) is 8.62. The van der Waals surface area contributed by atoms with Crippen molar-refractivity contribution in [2.75, 3.05) is 5.73 Å². The molecule has 0 aliphatic carbocycles. The van der Waals surface area contributed by atoms with Crippen LogP contribution in [0.3, 0.4) is 0 Å². The van der Waals surface area contributed by atoms with Crippen LogP contribution >= 0.6 is 0 Å². The van der Waals surface area contributed by atoms with Crippen molar-refractivity contribution < 1.29 is 0 Å². The molecule has 17 heavy (non-hydrogen) atoms. The maximum Gasteiger partial charge on any atom is 0.148 e. The second-order valence-corrected chi connectivity index (χ2v) is 4.41. The molecule has 0 amide bonds. The first-order valence-corrected chi connectivity index (χ1v) is 6.12. The van der Waals surface area contributed by atoms with Crippen LogP contribution in [-0.4, -0.2) is 10.2 Å². The fraction of sp³-hybridized carbons (Fsp3) is 0.357. The van der Waals surface area contributed by atoms with Gasteiger partial charge in [-0.25, -0.2) is 0 Å². The quantitative estimate of drug-likeness (QED) is 0.845. The van der Waals surface area contributed by atoms with Crippen molar-refractivity contribution in [1.82, 2.24) is 10.2 Å². The average Bonchev–Trinajstić information content (AvgIpc) is 2.68. The molecule has 1 aromatic carbocycles. The van der Waals surface area contributed by atoms with E-state index in [-0.39, 0.29) is 0 Å². The van der Waals surface area contributed by atoms with Gasteiger partial charge in [0.1, 0.15) is 5.82 Å². The molecule has 0 saturated heterocycles. The molecular weight excluding hydrogens is 210 g/mol. The predicted octanol–water partition coefficient (Wildman–Crippen LogP) is 3.31. The highest BCUT2D eigenvalue weighted by atomic mass is 15.2. The molecule has 0 atom stereocenters. The smallest absolute Gasteiger partial charge is 0.148 e. The van der Waals surface area contributed by atoms with E-state index in [1.54, 1.807) is 0 Å². The fourth-order valence-corrected chi connectivity index (χ4v) is 1.91. The van der Waals surface area contributed by atoms with Gasteiger partial charge in [-0.1, -0.05) is 37.6 Å². The first-order chi connectivity index (χ1) is 8.22. The minimum atomic E-state index is 0.579. The summed E-state index contributed by atoms with van der Waals surface area (Å²) >= 11 is 0. The summed E-state index contributed by atoms with van der Waals surface area (Å²) in [7, 11) is 0. The molecule has 0 aliphatic rings. The molecule has 0 bridgehead atoms. The summed E-state index contributed by atoms with van der Waals surface area (Å²) in [5.41, 5.74) is 10.3. The second kappa shape index (κ2) is 5.04. The molecule has 90 valence electrons. The Bertz CT molecular complexity index is 483. The fourth-order valence-electron chi connectivity index (χ4n) is 1.91. The van der Waals surface area contributed by atoms with Crippen LogP contribution in [0, 0.1) is 6.92 Å². The van der Waals surface area contributed by atoms with Crippen LogP contribution in [0.5, 0.6) is 0 Å². The third kappa shape index (κ3) is 2.49. The van der Waals surface area contributed by atoms with Crippen molar-refractivity contribution in [3.05, 3.63) is 35.4 Å². The number of nitrogens with zero attached hydrogens (tertiary/aromatic N) is 1. The van der Waals surface area contributed by atoms with Crippen LogP contribution in [0.25, 0.3) is 11.3 Å². The summed E-state index contributed by atoms with van der Waals surface area (Å²) in [4.78, 5) is 0. The van der Waals surface area contributed by atoms with Gasteiger partial charge in [-0.2, -0.15) is 5.10 Å². The van der Waals surface area contributed by atoms with Gasteiger partial charge in [-0.3, -0.25) is 5.10 Å². The molecule has 3 N–H and O–H groups in total. The molecule has 3 nitrogen and oxygen atoms in total. The molecular formula is C14H19N3.